The van der Waals surface area contributed by atoms with E-state index in [2.05, 4.69) is 66.0 Å². The topological polar surface area (TPSA) is 58.6 Å². The Bertz CT molecular complexity index is 991. The van der Waals surface area contributed by atoms with Crippen LogP contribution < -0.4 is 5.32 Å². The first-order valence-corrected chi connectivity index (χ1v) is 10.8. The van der Waals surface area contributed by atoms with E-state index in [0.717, 1.165) is 12.8 Å². The van der Waals surface area contributed by atoms with Crippen molar-refractivity contribution >= 4 is 29.7 Å². The molecule has 1 aliphatic heterocycles. The second kappa shape index (κ2) is 9.21. The molecule has 1 saturated heterocycles. The zero-order chi connectivity index (χ0) is 21.8. The first kappa shape index (κ1) is 20.9. The number of nitrogens with one attached hydrogen (secondary N) is 1. The number of nitrogens with zero attached hydrogens (tertiary/aromatic N) is 1. The molecule has 0 saturated carbocycles. The molecule has 4 rings (SSSR count). The fourth-order valence-electron chi connectivity index (χ4n) is 4.24. The Morgan fingerprint density at radius 2 is 1.48 bits per heavy atom. The number of carbonyl (C=O) groups is 2. The number of hydrogen-bond acceptors (Lipinski definition) is 3. The highest BCUT2D eigenvalue weighted by Gasteiger charge is 2.24. The molecule has 2 amide bonds. The summed E-state index contributed by atoms with van der Waals surface area (Å²) in [6, 6.07) is 17.0. The second-order valence-electron chi connectivity index (χ2n) is 8.17. The highest BCUT2D eigenvalue weighted by molar-refractivity contribution is 5.95. The van der Waals surface area contributed by atoms with Crippen LogP contribution in [0.25, 0.3) is 17.7 Å². The van der Waals surface area contributed by atoms with E-state index >= 15 is 0 Å². The molecule has 0 spiro atoms. The van der Waals surface area contributed by atoms with Crippen molar-refractivity contribution in [2.45, 2.75) is 32.8 Å². The maximum atomic E-state index is 12.6. The molecule has 2 aromatic rings. The minimum Gasteiger partial charge on any atom is -0.447 e. The van der Waals surface area contributed by atoms with Crippen LogP contribution in [0.5, 0.6) is 0 Å². The molecule has 2 aliphatic rings. The molecular formula is C26H28N2O3. The first-order chi connectivity index (χ1) is 15.0. The smallest absolute Gasteiger partial charge is 0.407 e. The quantitative estimate of drug-likeness (QED) is 0.672. The summed E-state index contributed by atoms with van der Waals surface area (Å²) in [6.45, 7) is 4.82. The largest absolute Gasteiger partial charge is 0.447 e. The van der Waals surface area contributed by atoms with Gasteiger partial charge in [0.15, 0.2) is 0 Å². The summed E-state index contributed by atoms with van der Waals surface area (Å²) >= 11 is 0. The van der Waals surface area contributed by atoms with E-state index in [-0.39, 0.29) is 18.6 Å². The number of benzene rings is 2. The van der Waals surface area contributed by atoms with Crippen molar-refractivity contribution in [2.24, 2.45) is 0 Å². The van der Waals surface area contributed by atoms with E-state index in [0.29, 0.717) is 13.1 Å². The SMILES string of the molecule is CC(C)OC(=O)NCC(=O)N1CCC(=C2c3ccccc3C=Cc3ccccc32)CC1. The third kappa shape index (κ3) is 4.71. The summed E-state index contributed by atoms with van der Waals surface area (Å²) in [4.78, 5) is 26.0. The van der Waals surface area contributed by atoms with Crippen molar-refractivity contribution in [1.29, 1.82) is 0 Å². The molecule has 0 atom stereocenters. The number of likely N-dealkylation sites (tertiary alicyclic amines) is 1. The Hall–Kier alpha value is -3.34. The Labute approximate surface area is 183 Å². The van der Waals surface area contributed by atoms with Gasteiger partial charge in [-0.1, -0.05) is 66.3 Å². The number of piperidine rings is 1. The maximum Gasteiger partial charge on any atom is 0.407 e. The van der Waals surface area contributed by atoms with Crippen LogP contribution in [0.1, 0.15) is 48.9 Å². The number of carbonyl (C=O) groups excluding carboxylic acids is 2. The Balaban J connectivity index is 1.52. The zero-order valence-corrected chi connectivity index (χ0v) is 18.1. The van der Waals surface area contributed by atoms with E-state index in [9.17, 15) is 9.59 Å². The van der Waals surface area contributed by atoms with Crippen molar-refractivity contribution in [2.75, 3.05) is 19.6 Å². The fraction of sp³-hybridized carbons (Fsp3) is 0.308. The van der Waals surface area contributed by atoms with Crippen molar-refractivity contribution in [3.63, 3.8) is 0 Å². The minimum absolute atomic E-state index is 0.0347. The van der Waals surface area contributed by atoms with Crippen molar-refractivity contribution in [1.82, 2.24) is 10.2 Å². The predicted molar refractivity (Wildman–Crippen MR) is 123 cm³/mol. The summed E-state index contributed by atoms with van der Waals surface area (Å²) in [7, 11) is 0. The lowest BCUT2D eigenvalue weighted by Gasteiger charge is -2.30. The summed E-state index contributed by atoms with van der Waals surface area (Å²) in [6.07, 6.45) is 5.24. The van der Waals surface area contributed by atoms with Crippen LogP contribution in [-0.2, 0) is 9.53 Å². The summed E-state index contributed by atoms with van der Waals surface area (Å²) < 4.78 is 5.03. The van der Waals surface area contributed by atoms with Crippen LogP contribution >= 0.6 is 0 Å². The van der Waals surface area contributed by atoms with Gasteiger partial charge in [0.05, 0.1) is 6.10 Å². The zero-order valence-electron chi connectivity index (χ0n) is 18.1. The predicted octanol–water partition coefficient (Wildman–Crippen LogP) is 4.73. The number of amides is 2. The number of rotatable bonds is 3. The van der Waals surface area contributed by atoms with Crippen LogP contribution in [0.15, 0.2) is 54.1 Å². The molecule has 0 aromatic heterocycles. The summed E-state index contributed by atoms with van der Waals surface area (Å²) in [5, 5.41) is 2.55. The van der Waals surface area contributed by atoms with E-state index < -0.39 is 6.09 Å². The molecule has 160 valence electrons. The van der Waals surface area contributed by atoms with Crippen molar-refractivity contribution in [3.05, 3.63) is 76.4 Å². The molecular weight excluding hydrogens is 388 g/mol. The third-order valence-corrected chi connectivity index (χ3v) is 5.70. The molecule has 0 bridgehead atoms. The molecule has 0 radical (unpaired) electrons. The van der Waals surface area contributed by atoms with Gasteiger partial charge < -0.3 is 15.0 Å². The molecule has 0 unspecified atom stereocenters. The van der Waals surface area contributed by atoms with Crippen LogP contribution in [0.2, 0.25) is 0 Å². The molecule has 1 fully saturated rings. The molecule has 2 aromatic carbocycles. The summed E-state index contributed by atoms with van der Waals surface area (Å²) in [5.41, 5.74) is 7.59. The maximum absolute atomic E-state index is 12.6. The van der Waals surface area contributed by atoms with Gasteiger partial charge in [-0.25, -0.2) is 4.79 Å². The third-order valence-electron chi connectivity index (χ3n) is 5.70. The number of alkyl carbamates (subject to hydrolysis) is 1. The lowest BCUT2D eigenvalue weighted by molar-refractivity contribution is -0.130. The van der Waals surface area contributed by atoms with Gasteiger partial charge in [-0.05, 0) is 54.5 Å². The molecule has 1 heterocycles. The van der Waals surface area contributed by atoms with E-state index in [1.807, 2.05) is 4.90 Å². The molecule has 5 heteroatoms. The minimum atomic E-state index is -0.553. The van der Waals surface area contributed by atoms with Gasteiger partial charge in [-0.2, -0.15) is 0 Å². The van der Waals surface area contributed by atoms with Crippen molar-refractivity contribution in [3.8, 4) is 0 Å². The number of ether oxygens (including phenoxy) is 1. The van der Waals surface area contributed by atoms with Gasteiger partial charge in [-0.3, -0.25) is 4.79 Å². The lowest BCUT2D eigenvalue weighted by Crippen LogP contribution is -2.43. The normalized spacial score (nSPS) is 15.3. The highest BCUT2D eigenvalue weighted by Crippen LogP contribution is 2.38. The van der Waals surface area contributed by atoms with E-state index in [4.69, 9.17) is 4.74 Å². The molecule has 31 heavy (non-hydrogen) atoms. The average molecular weight is 417 g/mol. The van der Waals surface area contributed by atoms with Gasteiger partial charge in [0, 0.05) is 13.1 Å². The fourth-order valence-corrected chi connectivity index (χ4v) is 4.24. The van der Waals surface area contributed by atoms with Gasteiger partial charge in [0.25, 0.3) is 0 Å². The monoisotopic (exact) mass is 416 g/mol. The Morgan fingerprint density at radius 3 is 2.03 bits per heavy atom. The molecule has 5 nitrogen and oxygen atoms in total. The van der Waals surface area contributed by atoms with Gasteiger partial charge in [0.2, 0.25) is 5.91 Å². The lowest BCUT2D eigenvalue weighted by atomic mass is 9.86. The molecule has 1 aliphatic carbocycles. The Morgan fingerprint density at radius 1 is 0.935 bits per heavy atom. The standard InChI is InChI=1S/C26H28N2O3/c1-18(2)31-26(30)27-17-24(29)28-15-13-21(14-16-28)25-22-9-5-3-7-19(22)11-12-20-8-4-6-10-23(20)25/h3-12,18H,13-17H2,1-2H3,(H,27,30). The van der Waals surface area contributed by atoms with Gasteiger partial charge in [-0.15, -0.1) is 0 Å². The number of fused-ring (bicyclic) bond motifs is 2. The van der Waals surface area contributed by atoms with E-state index in [1.54, 1.807) is 13.8 Å². The Kier molecular flexibility index (Phi) is 6.21. The van der Waals surface area contributed by atoms with Crippen LogP contribution in [0, 0.1) is 0 Å². The van der Waals surface area contributed by atoms with Crippen LogP contribution in [0.3, 0.4) is 0 Å². The second-order valence-corrected chi connectivity index (χ2v) is 8.17. The average Bonchev–Trinajstić information content (AvgIpc) is 2.94. The van der Waals surface area contributed by atoms with E-state index in [1.165, 1.54) is 33.4 Å². The van der Waals surface area contributed by atoms with Crippen LogP contribution in [0.4, 0.5) is 4.79 Å². The van der Waals surface area contributed by atoms with Crippen LogP contribution in [-0.4, -0.2) is 42.6 Å². The highest BCUT2D eigenvalue weighted by atomic mass is 16.6. The first-order valence-electron chi connectivity index (χ1n) is 10.8. The van der Waals surface area contributed by atoms with Crippen molar-refractivity contribution < 1.29 is 14.3 Å². The summed E-state index contributed by atoms with van der Waals surface area (Å²) in [5.74, 6) is -0.0758. The van der Waals surface area contributed by atoms with Gasteiger partial charge in [0.1, 0.15) is 6.54 Å². The van der Waals surface area contributed by atoms with Gasteiger partial charge >= 0.3 is 6.09 Å². The molecule has 1 N–H and O–H groups in total. The number of hydrogen-bond donors (Lipinski definition) is 1.